The van der Waals surface area contributed by atoms with Gasteiger partial charge in [-0.1, -0.05) is 23.2 Å². The van der Waals surface area contributed by atoms with Crippen LogP contribution in [0.3, 0.4) is 0 Å². The first-order chi connectivity index (χ1) is 10.9. The average Bonchev–Trinajstić information content (AvgIpc) is 2.50. The first-order valence-corrected chi connectivity index (χ1v) is 7.05. The standard InChI is InChI=1S/C14H10Cl2FN3O3/c15-10-3-1-8(6-13(10)20(22)23)18-7-14(21)19-9-2-4-12(17)11(16)5-9/h1-6,18H,7H2,(H,19,21). The first-order valence-electron chi connectivity index (χ1n) is 6.29. The third kappa shape index (κ3) is 4.54. The van der Waals surface area contributed by atoms with Crippen molar-refractivity contribution in [2.75, 3.05) is 17.2 Å². The second kappa shape index (κ2) is 7.26. The van der Waals surface area contributed by atoms with Crippen LogP contribution >= 0.6 is 23.2 Å². The Morgan fingerprint density at radius 3 is 2.48 bits per heavy atom. The van der Waals surface area contributed by atoms with Crippen molar-refractivity contribution in [1.82, 2.24) is 0 Å². The second-order valence-corrected chi connectivity index (χ2v) is 5.27. The molecule has 6 nitrogen and oxygen atoms in total. The summed E-state index contributed by atoms with van der Waals surface area (Å²) in [5.41, 5.74) is 0.445. The predicted molar refractivity (Wildman–Crippen MR) is 86.6 cm³/mol. The summed E-state index contributed by atoms with van der Waals surface area (Å²) in [6.45, 7) is -0.145. The zero-order chi connectivity index (χ0) is 17.0. The fraction of sp³-hybridized carbons (Fsp3) is 0.0714. The molecule has 0 heterocycles. The lowest BCUT2D eigenvalue weighted by Crippen LogP contribution is -2.21. The van der Waals surface area contributed by atoms with Gasteiger partial charge in [-0.15, -0.1) is 0 Å². The van der Waals surface area contributed by atoms with Gasteiger partial charge in [0.15, 0.2) is 0 Å². The number of rotatable bonds is 5. The molecular formula is C14H10Cl2FN3O3. The molecule has 2 aromatic carbocycles. The Morgan fingerprint density at radius 2 is 1.83 bits per heavy atom. The molecule has 0 fully saturated rings. The van der Waals surface area contributed by atoms with E-state index < -0.39 is 16.6 Å². The SMILES string of the molecule is O=C(CNc1ccc(Cl)c([N+](=O)[O-])c1)Nc1ccc(F)c(Cl)c1. The minimum absolute atomic E-state index is 0.00551. The van der Waals surface area contributed by atoms with Gasteiger partial charge in [-0.25, -0.2) is 4.39 Å². The van der Waals surface area contributed by atoms with Gasteiger partial charge in [0.1, 0.15) is 10.8 Å². The normalized spacial score (nSPS) is 10.2. The third-order valence-corrected chi connectivity index (χ3v) is 3.41. The topological polar surface area (TPSA) is 84.3 Å². The number of nitrogens with one attached hydrogen (secondary N) is 2. The molecule has 9 heteroatoms. The number of nitro groups is 1. The molecule has 0 unspecified atom stereocenters. The van der Waals surface area contributed by atoms with Crippen LogP contribution in [-0.2, 0) is 4.79 Å². The maximum atomic E-state index is 13.0. The molecule has 0 aliphatic carbocycles. The molecule has 2 rings (SSSR count). The Morgan fingerprint density at radius 1 is 1.13 bits per heavy atom. The Kier molecular flexibility index (Phi) is 5.36. The Labute approximate surface area is 140 Å². The number of anilines is 2. The van der Waals surface area contributed by atoms with Crippen molar-refractivity contribution < 1.29 is 14.1 Å². The maximum Gasteiger partial charge on any atom is 0.289 e. The molecule has 0 aliphatic heterocycles. The molecule has 120 valence electrons. The first kappa shape index (κ1) is 17.0. The number of amides is 1. The highest BCUT2D eigenvalue weighted by Crippen LogP contribution is 2.27. The van der Waals surface area contributed by atoms with E-state index in [1.165, 1.54) is 30.3 Å². The van der Waals surface area contributed by atoms with E-state index in [1.54, 1.807) is 0 Å². The Balaban J connectivity index is 1.97. The van der Waals surface area contributed by atoms with Crippen LogP contribution in [0.15, 0.2) is 36.4 Å². The van der Waals surface area contributed by atoms with Gasteiger partial charge >= 0.3 is 0 Å². The smallest absolute Gasteiger partial charge is 0.289 e. The minimum atomic E-state index is -0.617. The lowest BCUT2D eigenvalue weighted by atomic mass is 10.2. The number of carbonyl (C=O) groups is 1. The maximum absolute atomic E-state index is 13.0. The number of halogens is 3. The monoisotopic (exact) mass is 357 g/mol. The van der Waals surface area contributed by atoms with E-state index >= 15 is 0 Å². The second-order valence-electron chi connectivity index (χ2n) is 4.45. The molecule has 0 aliphatic rings. The molecule has 2 aromatic rings. The fourth-order valence-electron chi connectivity index (χ4n) is 1.72. The molecule has 0 radical (unpaired) electrons. The van der Waals surface area contributed by atoms with Crippen molar-refractivity contribution >= 4 is 46.2 Å². The van der Waals surface area contributed by atoms with Gasteiger partial charge in [-0.2, -0.15) is 0 Å². The summed E-state index contributed by atoms with van der Waals surface area (Å²) >= 11 is 11.3. The van der Waals surface area contributed by atoms with Crippen LogP contribution < -0.4 is 10.6 Å². The summed E-state index contributed by atoms with van der Waals surface area (Å²) in [4.78, 5) is 22.0. The van der Waals surface area contributed by atoms with E-state index in [2.05, 4.69) is 10.6 Å². The Bertz CT molecular complexity index is 771. The van der Waals surface area contributed by atoms with Crippen molar-refractivity contribution in [3.63, 3.8) is 0 Å². The van der Waals surface area contributed by atoms with Crippen molar-refractivity contribution in [2.45, 2.75) is 0 Å². The molecule has 0 bridgehead atoms. The van der Waals surface area contributed by atoms with Crippen molar-refractivity contribution in [2.24, 2.45) is 0 Å². The summed E-state index contributed by atoms with van der Waals surface area (Å²) in [7, 11) is 0. The summed E-state index contributed by atoms with van der Waals surface area (Å²) < 4.78 is 13.0. The number of nitrogens with zero attached hydrogens (tertiary/aromatic N) is 1. The quantitative estimate of drug-likeness (QED) is 0.623. The Hall–Kier alpha value is -2.38. The average molecular weight is 358 g/mol. The van der Waals surface area contributed by atoms with Gasteiger partial charge in [-0.05, 0) is 30.3 Å². The molecular weight excluding hydrogens is 348 g/mol. The van der Waals surface area contributed by atoms with E-state index in [1.807, 2.05) is 0 Å². The zero-order valence-corrected chi connectivity index (χ0v) is 13.0. The third-order valence-electron chi connectivity index (χ3n) is 2.80. The highest BCUT2D eigenvalue weighted by Gasteiger charge is 2.13. The van der Waals surface area contributed by atoms with Gasteiger partial charge in [0.2, 0.25) is 5.91 Å². The van der Waals surface area contributed by atoms with Crippen LogP contribution in [0.2, 0.25) is 10.0 Å². The van der Waals surface area contributed by atoms with Gasteiger partial charge in [0.05, 0.1) is 16.5 Å². The molecule has 0 spiro atoms. The van der Waals surface area contributed by atoms with E-state index in [0.29, 0.717) is 11.4 Å². The molecule has 0 saturated heterocycles. The van der Waals surface area contributed by atoms with Gasteiger partial charge in [-0.3, -0.25) is 14.9 Å². The van der Waals surface area contributed by atoms with Crippen LogP contribution in [0.4, 0.5) is 21.5 Å². The van der Waals surface area contributed by atoms with Crippen LogP contribution in [0.25, 0.3) is 0 Å². The lowest BCUT2D eigenvalue weighted by Gasteiger charge is -2.08. The molecule has 2 N–H and O–H groups in total. The number of hydrogen-bond donors (Lipinski definition) is 2. The number of nitro benzene ring substituents is 1. The van der Waals surface area contributed by atoms with Crippen LogP contribution in [0.1, 0.15) is 0 Å². The zero-order valence-electron chi connectivity index (χ0n) is 11.5. The van der Waals surface area contributed by atoms with Gasteiger partial charge in [0, 0.05) is 17.4 Å². The number of carbonyl (C=O) groups excluding carboxylic acids is 1. The molecule has 1 amide bonds. The van der Waals surface area contributed by atoms with E-state index in [9.17, 15) is 19.3 Å². The molecule has 0 aromatic heterocycles. The predicted octanol–water partition coefficient (Wildman–Crippen LogP) is 4.09. The van der Waals surface area contributed by atoms with Crippen LogP contribution in [-0.4, -0.2) is 17.4 Å². The lowest BCUT2D eigenvalue weighted by molar-refractivity contribution is -0.384. The van der Waals surface area contributed by atoms with Crippen LogP contribution in [0.5, 0.6) is 0 Å². The summed E-state index contributed by atoms with van der Waals surface area (Å²) in [5.74, 6) is -1.01. The fourth-order valence-corrected chi connectivity index (χ4v) is 2.09. The van der Waals surface area contributed by atoms with E-state index in [4.69, 9.17) is 23.2 Å². The van der Waals surface area contributed by atoms with Gasteiger partial charge < -0.3 is 10.6 Å². The number of benzene rings is 2. The minimum Gasteiger partial charge on any atom is -0.376 e. The highest BCUT2D eigenvalue weighted by molar-refractivity contribution is 6.32. The molecule has 23 heavy (non-hydrogen) atoms. The van der Waals surface area contributed by atoms with Gasteiger partial charge in [0.25, 0.3) is 5.69 Å². The molecule has 0 atom stereocenters. The van der Waals surface area contributed by atoms with Crippen LogP contribution in [0, 0.1) is 15.9 Å². The van der Waals surface area contributed by atoms with Crippen molar-refractivity contribution in [3.8, 4) is 0 Å². The highest BCUT2D eigenvalue weighted by atomic mass is 35.5. The summed E-state index contributed by atoms with van der Waals surface area (Å²) in [6.07, 6.45) is 0. The largest absolute Gasteiger partial charge is 0.376 e. The van der Waals surface area contributed by atoms with E-state index in [0.717, 1.165) is 6.07 Å². The summed E-state index contributed by atoms with van der Waals surface area (Å²) in [5, 5.41) is 15.9. The van der Waals surface area contributed by atoms with E-state index in [-0.39, 0.29) is 22.3 Å². The van der Waals surface area contributed by atoms with Crippen molar-refractivity contribution in [3.05, 3.63) is 62.4 Å². The van der Waals surface area contributed by atoms with Crippen molar-refractivity contribution in [1.29, 1.82) is 0 Å². The summed E-state index contributed by atoms with van der Waals surface area (Å²) in [6, 6.07) is 7.88. The molecule has 0 saturated carbocycles. The number of hydrogen-bond acceptors (Lipinski definition) is 4.